The van der Waals surface area contributed by atoms with E-state index in [0.717, 1.165) is 0 Å². The van der Waals surface area contributed by atoms with Gasteiger partial charge in [-0.2, -0.15) is 0 Å². The summed E-state index contributed by atoms with van der Waals surface area (Å²) < 4.78 is 5.47. The number of carbonyl (C=O) groups excluding carboxylic acids is 1. The largest absolute Gasteiger partial charge is 0.375 e. The number of benzene rings is 1. The van der Waals surface area contributed by atoms with Gasteiger partial charge in [0.1, 0.15) is 0 Å². The number of amides is 1. The number of nitro groups is 1. The molecule has 0 radical (unpaired) electrons. The first-order valence-corrected chi connectivity index (χ1v) is 6.16. The van der Waals surface area contributed by atoms with Crippen molar-refractivity contribution < 1.29 is 14.5 Å². The molecule has 0 spiro atoms. The fourth-order valence-corrected chi connectivity index (χ4v) is 2.08. The average molecular weight is 264 g/mol. The molecule has 1 heterocycles. The molecule has 0 aromatic heterocycles. The van der Waals surface area contributed by atoms with Crippen molar-refractivity contribution in [1.82, 2.24) is 4.90 Å². The summed E-state index contributed by atoms with van der Waals surface area (Å²) in [6, 6.07) is 5.70. The normalized spacial score (nSPS) is 23.2. The van der Waals surface area contributed by atoms with Crippen LogP contribution in [0, 0.1) is 10.1 Å². The number of hydrogen-bond acceptors (Lipinski definition) is 4. The van der Waals surface area contributed by atoms with Crippen LogP contribution in [0.15, 0.2) is 24.3 Å². The minimum absolute atomic E-state index is 0.0122. The Labute approximate surface area is 111 Å². The van der Waals surface area contributed by atoms with Gasteiger partial charge in [-0.05, 0) is 26.0 Å². The fourth-order valence-electron chi connectivity index (χ4n) is 2.08. The van der Waals surface area contributed by atoms with Crippen molar-refractivity contribution in [2.24, 2.45) is 0 Å². The van der Waals surface area contributed by atoms with Crippen LogP contribution in [-0.4, -0.2) is 41.0 Å². The Bertz CT molecular complexity index is 486. The number of ether oxygens (including phenoxy) is 1. The molecule has 0 N–H and O–H groups in total. The van der Waals surface area contributed by atoms with Gasteiger partial charge >= 0.3 is 0 Å². The Balaban J connectivity index is 2.16. The third kappa shape index (κ3) is 2.90. The Morgan fingerprint density at radius 2 is 2.00 bits per heavy atom. The Kier molecular flexibility index (Phi) is 3.80. The minimum Gasteiger partial charge on any atom is -0.375 e. The van der Waals surface area contributed by atoms with Gasteiger partial charge in [0.15, 0.2) is 0 Å². The lowest BCUT2D eigenvalue weighted by Gasteiger charge is -2.36. The van der Waals surface area contributed by atoms with Crippen LogP contribution in [-0.2, 0) is 4.74 Å². The van der Waals surface area contributed by atoms with Gasteiger partial charge in [0.25, 0.3) is 11.6 Å². The highest BCUT2D eigenvalue weighted by Crippen LogP contribution is 2.17. The zero-order valence-corrected chi connectivity index (χ0v) is 10.9. The van der Waals surface area contributed by atoms with Crippen LogP contribution in [0.2, 0.25) is 0 Å². The minimum atomic E-state index is -0.478. The molecule has 1 aromatic rings. The first kappa shape index (κ1) is 13.5. The molecule has 1 saturated heterocycles. The highest BCUT2D eigenvalue weighted by atomic mass is 16.6. The number of carbonyl (C=O) groups is 1. The molecule has 0 aliphatic carbocycles. The second-order valence-electron chi connectivity index (χ2n) is 4.75. The molecular weight excluding hydrogens is 248 g/mol. The number of nitro benzene ring substituents is 1. The highest BCUT2D eigenvalue weighted by molar-refractivity contribution is 5.94. The van der Waals surface area contributed by atoms with E-state index in [1.807, 2.05) is 13.8 Å². The third-order valence-corrected chi connectivity index (χ3v) is 3.19. The Morgan fingerprint density at radius 1 is 1.37 bits per heavy atom. The zero-order valence-electron chi connectivity index (χ0n) is 10.9. The van der Waals surface area contributed by atoms with E-state index in [-0.39, 0.29) is 23.7 Å². The lowest BCUT2D eigenvalue weighted by atomic mass is 10.1. The van der Waals surface area contributed by atoms with Crippen LogP contribution in [0.4, 0.5) is 5.69 Å². The molecule has 1 aromatic carbocycles. The molecule has 2 unspecified atom stereocenters. The van der Waals surface area contributed by atoms with Crippen LogP contribution >= 0.6 is 0 Å². The average Bonchev–Trinajstić information content (AvgIpc) is 2.41. The Hall–Kier alpha value is -1.95. The van der Waals surface area contributed by atoms with Gasteiger partial charge in [0.2, 0.25) is 0 Å². The summed E-state index contributed by atoms with van der Waals surface area (Å²) in [4.78, 5) is 24.2. The molecule has 1 aliphatic heterocycles. The zero-order chi connectivity index (χ0) is 14.0. The maximum atomic E-state index is 12.3. The van der Waals surface area contributed by atoms with E-state index in [4.69, 9.17) is 4.74 Å². The molecular formula is C13H16N2O4. The van der Waals surface area contributed by atoms with E-state index in [2.05, 4.69) is 0 Å². The molecule has 1 fully saturated rings. The van der Waals surface area contributed by atoms with E-state index in [0.29, 0.717) is 18.7 Å². The second kappa shape index (κ2) is 5.36. The lowest BCUT2D eigenvalue weighted by Crippen LogP contribution is -2.50. The number of morpholine rings is 1. The molecule has 0 bridgehead atoms. The van der Waals surface area contributed by atoms with Gasteiger partial charge in [-0.1, -0.05) is 0 Å². The SMILES string of the molecule is CC1CN(C(=O)c2ccc([N+](=O)[O-])cc2)C(C)CO1. The highest BCUT2D eigenvalue weighted by Gasteiger charge is 2.28. The number of non-ortho nitro benzene ring substituents is 1. The third-order valence-electron chi connectivity index (χ3n) is 3.19. The second-order valence-corrected chi connectivity index (χ2v) is 4.75. The van der Waals surface area contributed by atoms with Gasteiger partial charge in [-0.3, -0.25) is 14.9 Å². The molecule has 6 nitrogen and oxygen atoms in total. The van der Waals surface area contributed by atoms with Gasteiger partial charge < -0.3 is 9.64 Å². The summed E-state index contributed by atoms with van der Waals surface area (Å²) >= 11 is 0. The number of nitrogens with zero attached hydrogens (tertiary/aromatic N) is 2. The van der Waals surface area contributed by atoms with Gasteiger partial charge in [0, 0.05) is 24.2 Å². The molecule has 1 amide bonds. The molecule has 102 valence electrons. The maximum absolute atomic E-state index is 12.3. The van der Waals surface area contributed by atoms with Crippen LogP contribution in [0.3, 0.4) is 0 Å². The first-order chi connectivity index (χ1) is 8.99. The van der Waals surface area contributed by atoms with Crippen LogP contribution in [0.5, 0.6) is 0 Å². The van der Waals surface area contributed by atoms with Crippen molar-refractivity contribution in [2.75, 3.05) is 13.2 Å². The van der Waals surface area contributed by atoms with Crippen molar-refractivity contribution in [2.45, 2.75) is 26.0 Å². The monoisotopic (exact) mass is 264 g/mol. The summed E-state index contributed by atoms with van der Waals surface area (Å²) in [7, 11) is 0. The van der Waals surface area contributed by atoms with Crippen LogP contribution < -0.4 is 0 Å². The summed E-state index contributed by atoms with van der Waals surface area (Å²) in [5.74, 6) is -0.113. The van der Waals surface area contributed by atoms with E-state index in [1.165, 1.54) is 24.3 Å². The molecule has 0 saturated carbocycles. The van der Waals surface area contributed by atoms with Gasteiger partial charge in [-0.15, -0.1) is 0 Å². The summed E-state index contributed by atoms with van der Waals surface area (Å²) in [5.41, 5.74) is 0.450. The summed E-state index contributed by atoms with van der Waals surface area (Å²) in [5, 5.41) is 10.6. The molecule has 6 heteroatoms. The van der Waals surface area contributed by atoms with Gasteiger partial charge in [0.05, 0.1) is 23.7 Å². The maximum Gasteiger partial charge on any atom is 0.269 e. The van der Waals surface area contributed by atoms with Crippen molar-refractivity contribution >= 4 is 11.6 Å². The smallest absolute Gasteiger partial charge is 0.269 e. The van der Waals surface area contributed by atoms with Crippen molar-refractivity contribution in [3.05, 3.63) is 39.9 Å². The number of rotatable bonds is 2. The van der Waals surface area contributed by atoms with E-state index >= 15 is 0 Å². The van der Waals surface area contributed by atoms with Crippen LogP contribution in [0.25, 0.3) is 0 Å². The molecule has 2 atom stereocenters. The number of hydrogen-bond donors (Lipinski definition) is 0. The van der Waals surface area contributed by atoms with Crippen LogP contribution in [0.1, 0.15) is 24.2 Å². The van der Waals surface area contributed by atoms with E-state index < -0.39 is 4.92 Å². The summed E-state index contributed by atoms with van der Waals surface area (Å²) in [6.45, 7) is 4.90. The molecule has 19 heavy (non-hydrogen) atoms. The standard InChI is InChI=1S/C13H16N2O4/c1-9-8-19-10(2)7-14(9)13(16)11-3-5-12(6-4-11)15(17)18/h3-6,9-10H,7-8H2,1-2H3. The van der Waals surface area contributed by atoms with Crippen molar-refractivity contribution in [3.8, 4) is 0 Å². The molecule has 1 aliphatic rings. The lowest BCUT2D eigenvalue weighted by molar-refractivity contribution is -0.384. The van der Waals surface area contributed by atoms with Gasteiger partial charge in [-0.25, -0.2) is 0 Å². The topological polar surface area (TPSA) is 72.7 Å². The predicted octanol–water partition coefficient (Wildman–Crippen LogP) is 1.84. The molecule has 2 rings (SSSR count). The first-order valence-electron chi connectivity index (χ1n) is 6.16. The summed E-state index contributed by atoms with van der Waals surface area (Å²) in [6.07, 6.45) is 0.0122. The van der Waals surface area contributed by atoms with Crippen molar-refractivity contribution in [1.29, 1.82) is 0 Å². The quantitative estimate of drug-likeness (QED) is 0.603. The Morgan fingerprint density at radius 3 is 2.58 bits per heavy atom. The van der Waals surface area contributed by atoms with E-state index in [9.17, 15) is 14.9 Å². The van der Waals surface area contributed by atoms with Crippen molar-refractivity contribution in [3.63, 3.8) is 0 Å². The predicted molar refractivity (Wildman–Crippen MR) is 69.0 cm³/mol. The van der Waals surface area contributed by atoms with E-state index in [1.54, 1.807) is 4.90 Å². The fraction of sp³-hybridized carbons (Fsp3) is 0.462.